The second kappa shape index (κ2) is 15.8. The molecule has 13 heteroatoms. The lowest BCUT2D eigenvalue weighted by molar-refractivity contribution is -0.146. The zero-order chi connectivity index (χ0) is 38.1. The summed E-state index contributed by atoms with van der Waals surface area (Å²) in [5.41, 5.74) is -1.14. The molecule has 0 N–H and O–H groups in total. The number of benzene rings is 2. The lowest BCUT2D eigenvalue weighted by Gasteiger charge is -2.37. The van der Waals surface area contributed by atoms with Crippen LogP contribution in [0, 0.1) is 11.8 Å². The minimum atomic E-state index is -4.55. The Morgan fingerprint density at radius 1 is 0.868 bits per heavy atom. The molecule has 0 aliphatic carbocycles. The van der Waals surface area contributed by atoms with Crippen LogP contribution < -0.4 is 9.64 Å². The van der Waals surface area contributed by atoms with E-state index in [-0.39, 0.29) is 48.8 Å². The van der Waals surface area contributed by atoms with Crippen molar-refractivity contribution in [1.82, 2.24) is 14.7 Å². The van der Waals surface area contributed by atoms with Crippen molar-refractivity contribution in [1.29, 1.82) is 0 Å². The molecular weight excluding hydrogens is 692 g/mol. The summed E-state index contributed by atoms with van der Waals surface area (Å²) in [6.45, 7) is 6.56. The number of hydrogen-bond donors (Lipinski definition) is 0. The highest BCUT2D eigenvalue weighted by atomic mass is 19.4. The van der Waals surface area contributed by atoms with Crippen LogP contribution in [0.2, 0.25) is 0 Å². The number of hydrogen-bond acceptors (Lipinski definition) is 7. The Labute approximate surface area is 309 Å². The van der Waals surface area contributed by atoms with Crippen LogP contribution in [-0.2, 0) is 25.3 Å². The zero-order valence-corrected chi connectivity index (χ0v) is 31.2. The van der Waals surface area contributed by atoms with Crippen LogP contribution in [0.15, 0.2) is 42.5 Å². The Morgan fingerprint density at radius 2 is 1.55 bits per heavy atom. The van der Waals surface area contributed by atoms with Gasteiger partial charge in [-0.05, 0) is 67.0 Å². The average molecular weight is 745 g/mol. The number of alkyl halides is 4. The second-order valence-electron chi connectivity index (χ2n) is 15.1. The molecule has 9 nitrogen and oxygen atoms in total. The minimum Gasteiger partial charge on any atom is -0.497 e. The molecule has 0 bridgehead atoms. The van der Waals surface area contributed by atoms with Gasteiger partial charge in [0.1, 0.15) is 5.75 Å². The number of anilines is 1. The molecule has 290 valence electrons. The fourth-order valence-corrected chi connectivity index (χ4v) is 9.15. The van der Waals surface area contributed by atoms with Gasteiger partial charge in [-0.2, -0.15) is 13.2 Å². The van der Waals surface area contributed by atoms with E-state index in [9.17, 15) is 27.6 Å². The monoisotopic (exact) mass is 744 g/mol. The van der Waals surface area contributed by atoms with Gasteiger partial charge in [-0.15, -0.1) is 0 Å². The largest absolute Gasteiger partial charge is 0.497 e. The molecule has 2 aromatic rings. The van der Waals surface area contributed by atoms with E-state index in [2.05, 4.69) is 4.90 Å². The van der Waals surface area contributed by atoms with E-state index >= 15 is 4.39 Å². The molecular formula is C40H52F4N4O5. The Bertz CT molecular complexity index is 1620. The molecule has 0 spiro atoms. The van der Waals surface area contributed by atoms with E-state index < -0.39 is 29.2 Å². The van der Waals surface area contributed by atoms with Gasteiger partial charge < -0.3 is 24.2 Å². The predicted octanol–water partition coefficient (Wildman–Crippen LogP) is 6.26. The molecule has 4 heterocycles. The van der Waals surface area contributed by atoms with Crippen molar-refractivity contribution >= 4 is 23.5 Å². The highest BCUT2D eigenvalue weighted by Crippen LogP contribution is 2.47. The first kappa shape index (κ1) is 38.8. The number of carbonyl (C=O) groups excluding carboxylic acids is 3. The summed E-state index contributed by atoms with van der Waals surface area (Å²) in [6, 6.07) is 11.0. The molecule has 53 heavy (non-hydrogen) atoms. The molecule has 4 fully saturated rings. The molecule has 0 radical (unpaired) electrons. The number of halogens is 4. The van der Waals surface area contributed by atoms with Crippen LogP contribution in [0.25, 0.3) is 0 Å². The molecule has 2 aromatic carbocycles. The van der Waals surface area contributed by atoms with Crippen LogP contribution >= 0.6 is 0 Å². The third-order valence-electron chi connectivity index (χ3n) is 12.3. The second-order valence-corrected chi connectivity index (χ2v) is 15.1. The smallest absolute Gasteiger partial charge is 0.416 e. The van der Waals surface area contributed by atoms with Crippen LogP contribution in [0.3, 0.4) is 0 Å². The van der Waals surface area contributed by atoms with E-state index in [0.29, 0.717) is 100 Å². The molecule has 0 aromatic heterocycles. The minimum absolute atomic E-state index is 0.0230. The molecule has 4 atom stereocenters. The van der Waals surface area contributed by atoms with Gasteiger partial charge in [0, 0.05) is 82.3 Å². The van der Waals surface area contributed by atoms with Gasteiger partial charge in [0.2, 0.25) is 11.6 Å². The summed E-state index contributed by atoms with van der Waals surface area (Å²) in [6.07, 6.45) is -1.15. The van der Waals surface area contributed by atoms with Crippen molar-refractivity contribution in [3.63, 3.8) is 0 Å². The van der Waals surface area contributed by atoms with Crippen LogP contribution in [-0.4, -0.2) is 111 Å². The maximum absolute atomic E-state index is 17.9. The number of methoxy groups -OCH3 is 2. The topological polar surface area (TPSA) is 82.6 Å². The van der Waals surface area contributed by atoms with Gasteiger partial charge in [-0.1, -0.05) is 38.5 Å². The maximum Gasteiger partial charge on any atom is 0.416 e. The number of ether oxygens (including phenoxy) is 2. The van der Waals surface area contributed by atoms with Crippen molar-refractivity contribution in [3.8, 4) is 5.75 Å². The van der Waals surface area contributed by atoms with Crippen LogP contribution in [0.5, 0.6) is 5.75 Å². The van der Waals surface area contributed by atoms with E-state index in [1.54, 1.807) is 24.1 Å². The SMILES string of the molecule is CCC(=O)N1CCC(N2C[C@@H](c3ccc(OC)cc3)[C@](F)(C(=O)N3C[C@H](CC)[C@@H](c4ccc(C(F)(F)F)cc4N4CCC(C(=O)OC)CC4)C3)C2)CC1. The fourth-order valence-electron chi connectivity index (χ4n) is 9.15. The molecule has 4 saturated heterocycles. The van der Waals surface area contributed by atoms with Crippen molar-refractivity contribution < 1.29 is 41.4 Å². The molecule has 6 rings (SSSR count). The van der Waals surface area contributed by atoms with E-state index in [1.807, 2.05) is 35.8 Å². The average Bonchev–Trinajstić information content (AvgIpc) is 3.78. The third kappa shape index (κ3) is 7.86. The molecule has 4 aliphatic rings. The van der Waals surface area contributed by atoms with E-state index in [4.69, 9.17) is 9.47 Å². The number of amides is 2. The highest BCUT2D eigenvalue weighted by Gasteiger charge is 2.57. The summed E-state index contributed by atoms with van der Waals surface area (Å²) in [5.74, 6) is -1.63. The lowest BCUT2D eigenvalue weighted by Crippen LogP contribution is -2.51. The molecule has 4 aliphatic heterocycles. The number of carbonyl (C=O) groups is 3. The van der Waals surface area contributed by atoms with E-state index in [0.717, 1.165) is 6.07 Å². The van der Waals surface area contributed by atoms with Crippen LogP contribution in [0.4, 0.5) is 23.2 Å². The Hall–Kier alpha value is -3.87. The Morgan fingerprint density at radius 3 is 2.13 bits per heavy atom. The van der Waals surface area contributed by atoms with Crippen molar-refractivity contribution in [2.45, 2.75) is 82.1 Å². The number of esters is 1. The first-order valence-electron chi connectivity index (χ1n) is 19.0. The van der Waals surface area contributed by atoms with Crippen LogP contribution in [0.1, 0.15) is 80.9 Å². The summed E-state index contributed by atoms with van der Waals surface area (Å²) < 4.78 is 70.3. The summed E-state index contributed by atoms with van der Waals surface area (Å²) in [5, 5.41) is 0. The lowest BCUT2D eigenvalue weighted by atomic mass is 9.84. The normalized spacial score (nSPS) is 26.3. The van der Waals surface area contributed by atoms with Crippen molar-refractivity contribution in [2.75, 3.05) is 71.5 Å². The van der Waals surface area contributed by atoms with Gasteiger partial charge in [0.05, 0.1) is 25.7 Å². The maximum atomic E-state index is 17.9. The predicted molar refractivity (Wildman–Crippen MR) is 193 cm³/mol. The quantitative estimate of drug-likeness (QED) is 0.222. The van der Waals surface area contributed by atoms with Gasteiger partial charge in [-0.25, -0.2) is 4.39 Å². The van der Waals surface area contributed by atoms with Crippen molar-refractivity contribution in [3.05, 3.63) is 59.2 Å². The first-order valence-corrected chi connectivity index (χ1v) is 19.0. The van der Waals surface area contributed by atoms with Gasteiger partial charge >= 0.3 is 12.1 Å². The number of rotatable bonds is 9. The summed E-state index contributed by atoms with van der Waals surface area (Å²) in [7, 11) is 2.90. The molecule has 2 amide bonds. The van der Waals surface area contributed by atoms with Gasteiger partial charge in [-0.3, -0.25) is 19.3 Å². The number of nitrogens with zero attached hydrogens (tertiary/aromatic N) is 4. The fraction of sp³-hybridized carbons (Fsp3) is 0.625. The third-order valence-corrected chi connectivity index (χ3v) is 12.3. The first-order chi connectivity index (χ1) is 25.3. The number of piperidine rings is 2. The Kier molecular flexibility index (Phi) is 11.6. The summed E-state index contributed by atoms with van der Waals surface area (Å²) >= 11 is 0. The van der Waals surface area contributed by atoms with Crippen molar-refractivity contribution in [2.24, 2.45) is 11.8 Å². The summed E-state index contributed by atoms with van der Waals surface area (Å²) in [4.78, 5) is 46.7. The molecule has 0 unspecified atom stereocenters. The van der Waals surface area contributed by atoms with E-state index in [1.165, 1.54) is 19.2 Å². The Balaban J connectivity index is 1.27. The standard InChI is InChI=1S/C40H52F4N4O5/c1-5-26-22-47(23-33(26)32-12-9-29(40(42,43)44)21-35(32)45-17-13-28(14-18-45)37(50)53-4)38(51)39(41)25-48(30-15-19-46(20-16-30)36(49)6-2)24-34(39)27-7-10-31(52-3)11-8-27/h7-12,21,26,28,30,33-34H,5-6,13-20,22-25H2,1-4H3/t26-,33-,34-,39-/m0/s1. The van der Waals surface area contributed by atoms with Gasteiger partial charge in [0.15, 0.2) is 0 Å². The number of likely N-dealkylation sites (tertiary alicyclic amines) is 3. The zero-order valence-electron chi connectivity index (χ0n) is 31.2. The van der Waals surface area contributed by atoms with Gasteiger partial charge in [0.25, 0.3) is 5.91 Å². The molecule has 0 saturated carbocycles. The highest BCUT2D eigenvalue weighted by molar-refractivity contribution is 5.88.